The molecule has 0 atom stereocenters. The third-order valence-corrected chi connectivity index (χ3v) is 3.74. The summed E-state index contributed by atoms with van der Waals surface area (Å²) in [5.74, 6) is -0.102. The van der Waals surface area contributed by atoms with Crippen LogP contribution in [0.4, 0.5) is 0 Å². The van der Waals surface area contributed by atoms with E-state index in [-0.39, 0.29) is 11.6 Å². The lowest BCUT2D eigenvalue weighted by molar-refractivity contribution is 0.101. The summed E-state index contributed by atoms with van der Waals surface area (Å²) in [6.07, 6.45) is 3.68. The molecule has 0 amide bonds. The number of rotatable bonds is 4. The molecule has 1 aromatic carbocycles. The van der Waals surface area contributed by atoms with Crippen LogP contribution in [0.2, 0.25) is 0 Å². The lowest BCUT2D eigenvalue weighted by Crippen LogP contribution is -2.06. The molecule has 0 N–H and O–H groups in total. The zero-order valence-electron chi connectivity index (χ0n) is 11.1. The summed E-state index contributed by atoms with van der Waals surface area (Å²) >= 11 is 1.64. The molecule has 2 rings (SSSR count). The summed E-state index contributed by atoms with van der Waals surface area (Å²) in [4.78, 5) is 24.8. The molecular formula is C15H15NO2S. The van der Waals surface area contributed by atoms with Gasteiger partial charge in [-0.1, -0.05) is 0 Å². The smallest absolute Gasteiger partial charge is 0.209 e. The van der Waals surface area contributed by atoms with Gasteiger partial charge in [0.05, 0.1) is 5.69 Å². The molecule has 0 unspecified atom stereocenters. The van der Waals surface area contributed by atoms with E-state index in [1.165, 1.54) is 6.92 Å². The Morgan fingerprint density at radius 3 is 2.21 bits per heavy atom. The lowest BCUT2D eigenvalue weighted by Gasteiger charge is -2.03. The van der Waals surface area contributed by atoms with Crippen molar-refractivity contribution in [2.24, 2.45) is 7.05 Å². The van der Waals surface area contributed by atoms with Gasteiger partial charge in [-0.3, -0.25) is 9.59 Å². The molecule has 0 fully saturated rings. The van der Waals surface area contributed by atoms with Crippen LogP contribution >= 0.6 is 11.8 Å². The van der Waals surface area contributed by atoms with Gasteiger partial charge in [-0.05, 0) is 43.5 Å². The molecule has 0 saturated heterocycles. The van der Waals surface area contributed by atoms with Gasteiger partial charge in [-0.25, -0.2) is 0 Å². The van der Waals surface area contributed by atoms with E-state index < -0.39 is 0 Å². The molecule has 0 bridgehead atoms. The van der Waals surface area contributed by atoms with Crippen LogP contribution in [0.3, 0.4) is 0 Å². The highest BCUT2D eigenvalue weighted by Crippen LogP contribution is 2.18. The Hall–Kier alpha value is -1.81. The molecular weight excluding hydrogens is 258 g/mol. The van der Waals surface area contributed by atoms with E-state index >= 15 is 0 Å². The molecule has 4 heteroatoms. The van der Waals surface area contributed by atoms with Crippen LogP contribution in [0.15, 0.2) is 41.4 Å². The Morgan fingerprint density at radius 2 is 1.74 bits per heavy atom. The van der Waals surface area contributed by atoms with Gasteiger partial charge in [0.1, 0.15) is 0 Å². The predicted molar refractivity (Wildman–Crippen MR) is 77.1 cm³/mol. The average molecular weight is 273 g/mol. The maximum atomic E-state index is 12.4. The number of thioether (sulfide) groups is 1. The molecule has 2 aromatic rings. The van der Waals surface area contributed by atoms with E-state index in [1.54, 1.807) is 35.6 Å². The monoisotopic (exact) mass is 273 g/mol. The molecule has 3 nitrogen and oxygen atoms in total. The average Bonchev–Trinajstić information content (AvgIpc) is 2.80. The zero-order valence-corrected chi connectivity index (χ0v) is 12.0. The van der Waals surface area contributed by atoms with Crippen LogP contribution in [0.5, 0.6) is 0 Å². The predicted octanol–water partition coefficient (Wildman–Crippen LogP) is 3.18. The second-order valence-electron chi connectivity index (χ2n) is 4.34. The fourth-order valence-corrected chi connectivity index (χ4v) is 2.28. The third kappa shape index (κ3) is 2.79. The van der Waals surface area contributed by atoms with Crippen molar-refractivity contribution in [3.05, 3.63) is 53.3 Å². The van der Waals surface area contributed by atoms with Gasteiger partial charge in [0.2, 0.25) is 5.78 Å². The first kappa shape index (κ1) is 13.6. The number of aromatic nitrogens is 1. The number of ketones is 2. The Labute approximate surface area is 116 Å². The van der Waals surface area contributed by atoms with Crippen molar-refractivity contribution in [2.45, 2.75) is 11.8 Å². The SMILES string of the molecule is CSc1ccc(C(=O)c2cc(C(C)=O)cn2C)cc1. The third-order valence-electron chi connectivity index (χ3n) is 3.00. The molecule has 98 valence electrons. The maximum absolute atomic E-state index is 12.4. The number of aryl methyl sites for hydroxylation is 1. The standard InChI is InChI=1S/C15H15NO2S/c1-10(17)12-8-14(16(2)9-12)15(18)11-4-6-13(19-3)7-5-11/h4-9H,1-3H3. The van der Waals surface area contributed by atoms with Gasteiger partial charge in [0.25, 0.3) is 0 Å². The molecule has 1 aromatic heterocycles. The van der Waals surface area contributed by atoms with Crippen LogP contribution in [-0.4, -0.2) is 22.4 Å². The number of Topliss-reactive ketones (excluding diaryl/α,β-unsaturated/α-hetero) is 1. The minimum absolute atomic E-state index is 0.0348. The molecule has 0 aliphatic heterocycles. The largest absolute Gasteiger partial charge is 0.347 e. The Kier molecular flexibility index (Phi) is 3.90. The fourth-order valence-electron chi connectivity index (χ4n) is 1.87. The van der Waals surface area contributed by atoms with Crippen LogP contribution < -0.4 is 0 Å². The zero-order chi connectivity index (χ0) is 14.0. The molecule has 19 heavy (non-hydrogen) atoms. The number of nitrogens with zero attached hydrogens (tertiary/aromatic N) is 1. The number of benzene rings is 1. The van der Waals surface area contributed by atoms with Crippen molar-refractivity contribution in [1.29, 1.82) is 0 Å². The van der Waals surface area contributed by atoms with Crippen molar-refractivity contribution in [1.82, 2.24) is 4.57 Å². The van der Waals surface area contributed by atoms with Crippen LogP contribution in [0.25, 0.3) is 0 Å². The summed E-state index contributed by atoms with van der Waals surface area (Å²) in [7, 11) is 1.77. The van der Waals surface area contributed by atoms with E-state index in [4.69, 9.17) is 0 Å². The molecule has 0 aliphatic carbocycles. The first-order chi connectivity index (χ1) is 9.02. The van der Waals surface area contributed by atoms with Crippen molar-refractivity contribution < 1.29 is 9.59 Å². The Morgan fingerprint density at radius 1 is 1.11 bits per heavy atom. The summed E-state index contributed by atoms with van der Waals surface area (Å²) < 4.78 is 1.70. The van der Waals surface area contributed by atoms with E-state index in [9.17, 15) is 9.59 Å². The summed E-state index contributed by atoms with van der Waals surface area (Å²) in [5, 5.41) is 0. The second kappa shape index (κ2) is 5.45. The van der Waals surface area contributed by atoms with E-state index in [0.29, 0.717) is 16.8 Å². The highest BCUT2D eigenvalue weighted by atomic mass is 32.2. The lowest BCUT2D eigenvalue weighted by atomic mass is 10.1. The molecule has 1 heterocycles. The van der Waals surface area contributed by atoms with Crippen molar-refractivity contribution in [3.63, 3.8) is 0 Å². The summed E-state index contributed by atoms with van der Waals surface area (Å²) in [5.41, 5.74) is 1.72. The minimum Gasteiger partial charge on any atom is -0.347 e. The van der Waals surface area contributed by atoms with Gasteiger partial charge in [0, 0.05) is 29.3 Å². The van der Waals surface area contributed by atoms with Crippen molar-refractivity contribution >= 4 is 23.3 Å². The number of hydrogen-bond acceptors (Lipinski definition) is 3. The van der Waals surface area contributed by atoms with Gasteiger partial charge in [0.15, 0.2) is 5.78 Å². The highest BCUT2D eigenvalue weighted by Gasteiger charge is 2.15. The van der Waals surface area contributed by atoms with Gasteiger partial charge >= 0.3 is 0 Å². The normalized spacial score (nSPS) is 10.5. The van der Waals surface area contributed by atoms with E-state index in [1.807, 2.05) is 30.5 Å². The topological polar surface area (TPSA) is 39.1 Å². The van der Waals surface area contributed by atoms with Crippen molar-refractivity contribution in [3.8, 4) is 0 Å². The number of carbonyl (C=O) groups excluding carboxylic acids is 2. The van der Waals surface area contributed by atoms with Crippen LogP contribution in [0.1, 0.15) is 33.3 Å². The number of hydrogen-bond donors (Lipinski definition) is 0. The van der Waals surface area contributed by atoms with Crippen molar-refractivity contribution in [2.75, 3.05) is 6.26 Å². The fraction of sp³-hybridized carbons (Fsp3) is 0.200. The second-order valence-corrected chi connectivity index (χ2v) is 5.22. The maximum Gasteiger partial charge on any atom is 0.209 e. The van der Waals surface area contributed by atoms with E-state index in [2.05, 4.69) is 0 Å². The van der Waals surface area contributed by atoms with Crippen LogP contribution in [-0.2, 0) is 7.05 Å². The van der Waals surface area contributed by atoms with Gasteiger partial charge in [-0.15, -0.1) is 11.8 Å². The summed E-state index contributed by atoms with van der Waals surface area (Å²) in [6.45, 7) is 1.50. The van der Waals surface area contributed by atoms with Crippen LogP contribution in [0, 0.1) is 0 Å². The van der Waals surface area contributed by atoms with Gasteiger partial charge < -0.3 is 4.57 Å². The quantitative estimate of drug-likeness (QED) is 0.634. The van der Waals surface area contributed by atoms with Gasteiger partial charge in [-0.2, -0.15) is 0 Å². The Balaban J connectivity index is 2.35. The molecule has 0 spiro atoms. The Bertz CT molecular complexity index is 626. The molecule has 0 aliphatic rings. The van der Waals surface area contributed by atoms with E-state index in [0.717, 1.165) is 4.90 Å². The highest BCUT2D eigenvalue weighted by molar-refractivity contribution is 7.98. The summed E-state index contributed by atoms with van der Waals surface area (Å²) in [6, 6.07) is 9.12. The minimum atomic E-state index is -0.0670. The molecule has 0 saturated carbocycles. The molecule has 0 radical (unpaired) electrons. The first-order valence-electron chi connectivity index (χ1n) is 5.89. The first-order valence-corrected chi connectivity index (χ1v) is 7.11. The number of carbonyl (C=O) groups is 2.